The molecule has 2 atom stereocenters. The van der Waals surface area contributed by atoms with Gasteiger partial charge in [-0.1, -0.05) is 19.1 Å². The van der Waals surface area contributed by atoms with Crippen LogP contribution in [-0.2, 0) is 21.4 Å². The van der Waals surface area contributed by atoms with Crippen LogP contribution in [0.3, 0.4) is 0 Å². The van der Waals surface area contributed by atoms with E-state index in [-0.39, 0.29) is 17.3 Å². The first-order chi connectivity index (χ1) is 14.8. The quantitative estimate of drug-likeness (QED) is 0.579. The minimum absolute atomic E-state index is 0.0892. The van der Waals surface area contributed by atoms with Crippen LogP contribution in [0.25, 0.3) is 6.08 Å². The predicted molar refractivity (Wildman–Crippen MR) is 121 cm³/mol. The van der Waals surface area contributed by atoms with E-state index in [2.05, 4.69) is 28.8 Å². The zero-order valence-corrected chi connectivity index (χ0v) is 18.9. The molecule has 1 amide bonds. The molecule has 0 spiro atoms. The van der Waals surface area contributed by atoms with Crippen molar-refractivity contribution in [3.8, 4) is 0 Å². The number of hydrogen-bond donors (Lipinski definition) is 2. The molecule has 3 rings (SSSR count). The normalized spacial score (nSPS) is 18.8. The first-order valence-corrected chi connectivity index (χ1v) is 12.1. The molecule has 0 saturated carbocycles. The van der Waals surface area contributed by atoms with Crippen LogP contribution in [0.2, 0.25) is 0 Å². The first kappa shape index (κ1) is 23.2. The SMILES string of the molecule is CC1CCCN(C(C)CNC(=O)/C=C/c2ccc(S(=O)(=O)NCc3ccco3)cc2)C1. The van der Waals surface area contributed by atoms with Gasteiger partial charge < -0.3 is 9.73 Å². The monoisotopic (exact) mass is 445 g/mol. The van der Waals surface area contributed by atoms with Crippen molar-refractivity contribution in [2.75, 3.05) is 19.6 Å². The molecule has 168 valence electrons. The summed E-state index contributed by atoms with van der Waals surface area (Å²) in [6.45, 7) is 7.27. The van der Waals surface area contributed by atoms with Gasteiger partial charge >= 0.3 is 0 Å². The van der Waals surface area contributed by atoms with Crippen molar-refractivity contribution in [3.05, 3.63) is 60.1 Å². The third-order valence-electron chi connectivity index (χ3n) is 5.52. The standard InChI is InChI=1S/C23H31N3O4S/c1-18-5-3-13-26(17-18)19(2)15-24-23(27)12-9-20-7-10-22(11-8-20)31(28,29)25-16-21-6-4-14-30-21/h4,6-12,14,18-19,25H,3,5,13,15-17H2,1-2H3,(H,24,27)/b12-9+. The Labute approximate surface area is 184 Å². The molecule has 1 aromatic heterocycles. The van der Waals surface area contributed by atoms with Gasteiger partial charge in [-0.2, -0.15) is 0 Å². The molecule has 0 radical (unpaired) electrons. The van der Waals surface area contributed by atoms with Gasteiger partial charge in [0.1, 0.15) is 5.76 Å². The summed E-state index contributed by atoms with van der Waals surface area (Å²) in [5.74, 6) is 1.09. The van der Waals surface area contributed by atoms with Gasteiger partial charge in [0, 0.05) is 25.2 Å². The smallest absolute Gasteiger partial charge is 0.244 e. The largest absolute Gasteiger partial charge is 0.468 e. The number of benzene rings is 1. The Morgan fingerprint density at radius 2 is 2.06 bits per heavy atom. The maximum absolute atomic E-state index is 12.4. The minimum atomic E-state index is -3.64. The number of likely N-dealkylation sites (tertiary alicyclic amines) is 1. The van der Waals surface area contributed by atoms with Crippen molar-refractivity contribution >= 4 is 22.0 Å². The van der Waals surface area contributed by atoms with Crippen molar-refractivity contribution in [1.82, 2.24) is 14.9 Å². The number of furan rings is 1. The van der Waals surface area contributed by atoms with Gasteiger partial charge in [-0.3, -0.25) is 9.69 Å². The van der Waals surface area contributed by atoms with Crippen LogP contribution in [0.1, 0.15) is 38.0 Å². The molecular weight excluding hydrogens is 414 g/mol. The molecule has 1 saturated heterocycles. The summed E-state index contributed by atoms with van der Waals surface area (Å²) in [6, 6.07) is 10.1. The fourth-order valence-corrected chi connectivity index (χ4v) is 4.65. The molecule has 2 unspecified atom stereocenters. The number of piperidine rings is 1. The number of carbonyl (C=O) groups excluding carboxylic acids is 1. The number of carbonyl (C=O) groups is 1. The van der Waals surface area contributed by atoms with Crippen LogP contribution in [0, 0.1) is 5.92 Å². The van der Waals surface area contributed by atoms with Crippen molar-refractivity contribution < 1.29 is 17.6 Å². The van der Waals surface area contributed by atoms with E-state index in [4.69, 9.17) is 4.42 Å². The van der Waals surface area contributed by atoms with E-state index in [1.54, 1.807) is 30.3 Å². The van der Waals surface area contributed by atoms with Crippen LogP contribution >= 0.6 is 0 Å². The van der Waals surface area contributed by atoms with Crippen LogP contribution < -0.4 is 10.0 Å². The highest BCUT2D eigenvalue weighted by Crippen LogP contribution is 2.17. The number of amides is 1. The van der Waals surface area contributed by atoms with E-state index in [0.29, 0.717) is 24.3 Å². The van der Waals surface area contributed by atoms with Gasteiger partial charge in [-0.25, -0.2) is 13.1 Å². The van der Waals surface area contributed by atoms with Gasteiger partial charge in [-0.05, 0) is 68.1 Å². The topological polar surface area (TPSA) is 91.7 Å². The van der Waals surface area contributed by atoms with Gasteiger partial charge in [0.05, 0.1) is 17.7 Å². The summed E-state index contributed by atoms with van der Waals surface area (Å²) in [4.78, 5) is 14.7. The summed E-state index contributed by atoms with van der Waals surface area (Å²) in [7, 11) is -3.64. The molecule has 1 aliphatic rings. The summed E-state index contributed by atoms with van der Waals surface area (Å²) in [5.41, 5.74) is 0.748. The van der Waals surface area contributed by atoms with Gasteiger partial charge in [0.15, 0.2) is 0 Å². The lowest BCUT2D eigenvalue weighted by molar-refractivity contribution is -0.116. The predicted octanol–water partition coefficient (Wildman–Crippen LogP) is 3.01. The first-order valence-electron chi connectivity index (χ1n) is 10.7. The van der Waals surface area contributed by atoms with E-state index < -0.39 is 10.0 Å². The maximum atomic E-state index is 12.4. The van der Waals surface area contributed by atoms with Crippen LogP contribution in [0.5, 0.6) is 0 Å². The molecule has 0 aliphatic carbocycles. The summed E-state index contributed by atoms with van der Waals surface area (Å²) in [6.07, 6.45) is 7.14. The molecule has 2 aromatic rings. The molecule has 2 heterocycles. The van der Waals surface area contributed by atoms with Crippen LogP contribution in [0.4, 0.5) is 0 Å². The van der Waals surface area contributed by atoms with Crippen molar-refractivity contribution in [2.45, 2.75) is 44.2 Å². The van der Waals surface area contributed by atoms with Gasteiger partial charge in [0.25, 0.3) is 0 Å². The summed E-state index contributed by atoms with van der Waals surface area (Å²) >= 11 is 0. The lowest BCUT2D eigenvalue weighted by Gasteiger charge is -2.35. The number of nitrogens with zero attached hydrogens (tertiary/aromatic N) is 1. The summed E-state index contributed by atoms with van der Waals surface area (Å²) < 4.78 is 32.4. The highest BCUT2D eigenvalue weighted by molar-refractivity contribution is 7.89. The minimum Gasteiger partial charge on any atom is -0.468 e. The Hall–Kier alpha value is -2.42. The lowest BCUT2D eigenvalue weighted by Crippen LogP contribution is -2.46. The third kappa shape index (κ3) is 7.05. The molecule has 8 heteroatoms. The second-order valence-corrected chi connectivity index (χ2v) is 9.91. The molecule has 1 fully saturated rings. The molecule has 31 heavy (non-hydrogen) atoms. The van der Waals surface area contributed by atoms with Crippen LogP contribution in [-0.4, -0.2) is 44.9 Å². The second-order valence-electron chi connectivity index (χ2n) is 8.14. The maximum Gasteiger partial charge on any atom is 0.244 e. The van der Waals surface area contributed by atoms with Gasteiger partial charge in [0.2, 0.25) is 15.9 Å². The highest BCUT2D eigenvalue weighted by Gasteiger charge is 2.20. The van der Waals surface area contributed by atoms with Crippen molar-refractivity contribution in [3.63, 3.8) is 0 Å². The average molecular weight is 446 g/mol. The van der Waals surface area contributed by atoms with E-state index in [9.17, 15) is 13.2 Å². The molecule has 1 aliphatic heterocycles. The fraction of sp³-hybridized carbons (Fsp3) is 0.435. The Balaban J connectivity index is 1.47. The Morgan fingerprint density at radius 1 is 1.29 bits per heavy atom. The Kier molecular flexibility index (Phi) is 8.06. The number of rotatable bonds is 9. The highest BCUT2D eigenvalue weighted by atomic mass is 32.2. The molecule has 2 N–H and O–H groups in total. The third-order valence-corrected chi connectivity index (χ3v) is 6.93. The van der Waals surface area contributed by atoms with E-state index in [1.165, 1.54) is 37.3 Å². The van der Waals surface area contributed by atoms with E-state index in [1.807, 2.05) is 0 Å². The molecular formula is C23H31N3O4S. The lowest BCUT2D eigenvalue weighted by atomic mass is 9.99. The molecule has 0 bridgehead atoms. The number of nitrogens with one attached hydrogen (secondary N) is 2. The van der Waals surface area contributed by atoms with Crippen LogP contribution in [0.15, 0.2) is 58.1 Å². The zero-order chi connectivity index (χ0) is 22.3. The second kappa shape index (κ2) is 10.7. The van der Waals surface area contributed by atoms with Crippen molar-refractivity contribution in [2.24, 2.45) is 5.92 Å². The Morgan fingerprint density at radius 3 is 2.74 bits per heavy atom. The Bertz CT molecular complexity index is 969. The van der Waals surface area contributed by atoms with Crippen molar-refractivity contribution in [1.29, 1.82) is 0 Å². The van der Waals surface area contributed by atoms with E-state index in [0.717, 1.165) is 18.7 Å². The molecule has 1 aromatic carbocycles. The zero-order valence-electron chi connectivity index (χ0n) is 18.1. The average Bonchev–Trinajstić information content (AvgIpc) is 3.29. The number of hydrogen-bond acceptors (Lipinski definition) is 5. The van der Waals surface area contributed by atoms with Gasteiger partial charge in [-0.15, -0.1) is 0 Å². The van der Waals surface area contributed by atoms with E-state index >= 15 is 0 Å². The molecule has 7 nitrogen and oxygen atoms in total. The number of sulfonamides is 1. The fourth-order valence-electron chi connectivity index (χ4n) is 3.66. The summed E-state index contributed by atoms with van der Waals surface area (Å²) in [5, 5.41) is 2.95.